The second kappa shape index (κ2) is 5.75. The topological polar surface area (TPSA) is 30.7 Å². The molecule has 0 saturated heterocycles. The SMILES string of the molecule is C=C\C(=C/C=C(C)\C=C/C)n1ccnn1. The average Bonchev–Trinajstić information content (AvgIpc) is 2.72. The Hall–Kier alpha value is -1.90. The highest BCUT2D eigenvalue weighted by molar-refractivity contribution is 5.57. The van der Waals surface area contributed by atoms with Crippen LogP contribution in [0.3, 0.4) is 0 Å². The molecule has 0 fully saturated rings. The standard InChI is InChI=1S/C12H15N3/c1-4-6-11(3)7-8-12(5-2)15-10-9-13-14-15/h4-10H,2H2,1,3H3/b6-4-,11-7-,12-8+. The van der Waals surface area contributed by atoms with E-state index in [2.05, 4.69) is 16.9 Å². The Labute approximate surface area is 90.1 Å². The summed E-state index contributed by atoms with van der Waals surface area (Å²) >= 11 is 0. The maximum atomic E-state index is 3.89. The molecule has 0 bridgehead atoms. The van der Waals surface area contributed by atoms with Gasteiger partial charge in [-0.25, -0.2) is 4.68 Å². The molecule has 1 aromatic heterocycles. The summed E-state index contributed by atoms with van der Waals surface area (Å²) < 4.78 is 1.67. The van der Waals surface area contributed by atoms with Crippen LogP contribution in [0.5, 0.6) is 0 Å². The zero-order chi connectivity index (χ0) is 11.1. The lowest BCUT2D eigenvalue weighted by Gasteiger charge is -1.98. The number of nitrogens with zero attached hydrogens (tertiary/aromatic N) is 3. The van der Waals surface area contributed by atoms with Crippen molar-refractivity contribution < 1.29 is 0 Å². The summed E-state index contributed by atoms with van der Waals surface area (Å²) in [7, 11) is 0. The molecule has 15 heavy (non-hydrogen) atoms. The van der Waals surface area contributed by atoms with Crippen LogP contribution in [0.15, 0.2) is 54.9 Å². The van der Waals surface area contributed by atoms with Gasteiger partial charge in [-0.15, -0.1) is 5.10 Å². The van der Waals surface area contributed by atoms with E-state index in [0.717, 1.165) is 5.70 Å². The molecule has 0 saturated carbocycles. The molecule has 0 N–H and O–H groups in total. The van der Waals surface area contributed by atoms with Crippen molar-refractivity contribution in [1.29, 1.82) is 0 Å². The third kappa shape index (κ3) is 3.38. The molecule has 0 unspecified atom stereocenters. The average molecular weight is 201 g/mol. The highest BCUT2D eigenvalue weighted by Crippen LogP contribution is 2.05. The number of hydrogen-bond donors (Lipinski definition) is 0. The van der Waals surface area contributed by atoms with Crippen LogP contribution in [-0.4, -0.2) is 15.0 Å². The second-order valence-electron chi connectivity index (χ2n) is 3.05. The quantitative estimate of drug-likeness (QED) is 0.701. The first-order chi connectivity index (χ1) is 7.27. The minimum atomic E-state index is 0.899. The zero-order valence-electron chi connectivity index (χ0n) is 9.09. The maximum Gasteiger partial charge on any atom is 0.0697 e. The van der Waals surface area contributed by atoms with Crippen LogP contribution in [0.25, 0.3) is 5.70 Å². The molecule has 0 aliphatic rings. The van der Waals surface area contributed by atoms with Crippen LogP contribution in [0.2, 0.25) is 0 Å². The largest absolute Gasteiger partial charge is 0.221 e. The van der Waals surface area contributed by atoms with E-state index in [1.165, 1.54) is 5.57 Å². The normalized spacial score (nSPS) is 13.5. The molecule has 1 heterocycles. The number of hydrogen-bond acceptors (Lipinski definition) is 2. The predicted octanol–water partition coefficient (Wildman–Crippen LogP) is 2.83. The van der Waals surface area contributed by atoms with Crippen LogP contribution in [0.1, 0.15) is 13.8 Å². The van der Waals surface area contributed by atoms with Gasteiger partial charge >= 0.3 is 0 Å². The molecule has 0 amide bonds. The number of aromatic nitrogens is 3. The van der Waals surface area contributed by atoms with E-state index in [-0.39, 0.29) is 0 Å². The molecule has 0 radical (unpaired) electrons. The molecule has 0 aliphatic heterocycles. The fourth-order valence-electron chi connectivity index (χ4n) is 1.12. The molecule has 0 aromatic carbocycles. The summed E-state index contributed by atoms with van der Waals surface area (Å²) in [5.74, 6) is 0. The summed E-state index contributed by atoms with van der Waals surface area (Å²) in [5.41, 5.74) is 2.08. The molecule has 0 atom stereocenters. The van der Waals surface area contributed by atoms with E-state index in [1.807, 2.05) is 38.2 Å². The molecule has 0 spiro atoms. The Bertz CT molecular complexity index is 395. The van der Waals surface area contributed by atoms with Crippen molar-refractivity contribution in [3.8, 4) is 0 Å². The monoisotopic (exact) mass is 201 g/mol. The fourth-order valence-corrected chi connectivity index (χ4v) is 1.12. The summed E-state index contributed by atoms with van der Waals surface area (Å²) in [6.45, 7) is 7.77. The highest BCUT2D eigenvalue weighted by Gasteiger charge is 1.93. The van der Waals surface area contributed by atoms with Gasteiger partial charge in [-0.1, -0.05) is 35.6 Å². The van der Waals surface area contributed by atoms with Crippen molar-refractivity contribution >= 4 is 5.70 Å². The van der Waals surface area contributed by atoms with Gasteiger partial charge in [0.15, 0.2) is 0 Å². The van der Waals surface area contributed by atoms with Crippen molar-refractivity contribution in [1.82, 2.24) is 15.0 Å². The van der Waals surface area contributed by atoms with Gasteiger partial charge in [-0.3, -0.25) is 0 Å². The van der Waals surface area contributed by atoms with E-state index in [1.54, 1.807) is 23.2 Å². The Balaban J connectivity index is 2.89. The first-order valence-corrected chi connectivity index (χ1v) is 4.78. The fraction of sp³-hybridized carbons (Fsp3) is 0.167. The lowest BCUT2D eigenvalue weighted by atomic mass is 10.2. The van der Waals surface area contributed by atoms with E-state index >= 15 is 0 Å². The lowest BCUT2D eigenvalue weighted by Crippen LogP contribution is -1.94. The summed E-state index contributed by atoms with van der Waals surface area (Å²) in [4.78, 5) is 0. The number of allylic oxidation sites excluding steroid dienone is 7. The second-order valence-corrected chi connectivity index (χ2v) is 3.05. The van der Waals surface area contributed by atoms with Gasteiger partial charge in [-0.05, 0) is 26.0 Å². The maximum absolute atomic E-state index is 3.89. The van der Waals surface area contributed by atoms with Gasteiger partial charge in [0.2, 0.25) is 0 Å². The van der Waals surface area contributed by atoms with E-state index in [0.29, 0.717) is 0 Å². The van der Waals surface area contributed by atoms with E-state index < -0.39 is 0 Å². The molecular formula is C12H15N3. The van der Waals surface area contributed by atoms with Crippen LogP contribution < -0.4 is 0 Å². The first-order valence-electron chi connectivity index (χ1n) is 4.78. The Morgan fingerprint density at radius 1 is 1.40 bits per heavy atom. The molecule has 78 valence electrons. The summed E-state index contributed by atoms with van der Waals surface area (Å²) in [5, 5.41) is 7.64. The molecule has 3 nitrogen and oxygen atoms in total. The van der Waals surface area contributed by atoms with Gasteiger partial charge in [0.1, 0.15) is 0 Å². The van der Waals surface area contributed by atoms with Gasteiger partial charge in [0.05, 0.1) is 18.1 Å². The minimum Gasteiger partial charge on any atom is -0.221 e. The van der Waals surface area contributed by atoms with Crippen molar-refractivity contribution in [3.05, 3.63) is 54.9 Å². The molecule has 0 aliphatic carbocycles. The van der Waals surface area contributed by atoms with Crippen molar-refractivity contribution in [2.24, 2.45) is 0 Å². The Morgan fingerprint density at radius 3 is 2.73 bits per heavy atom. The Kier molecular flexibility index (Phi) is 4.29. The smallest absolute Gasteiger partial charge is 0.0697 e. The van der Waals surface area contributed by atoms with Gasteiger partial charge in [0.25, 0.3) is 0 Å². The van der Waals surface area contributed by atoms with Gasteiger partial charge < -0.3 is 0 Å². The molecule has 1 aromatic rings. The lowest BCUT2D eigenvalue weighted by molar-refractivity contribution is 0.824. The molecular weight excluding hydrogens is 186 g/mol. The van der Waals surface area contributed by atoms with Crippen molar-refractivity contribution in [2.75, 3.05) is 0 Å². The molecule has 1 rings (SSSR count). The van der Waals surface area contributed by atoms with Crippen molar-refractivity contribution in [2.45, 2.75) is 13.8 Å². The van der Waals surface area contributed by atoms with Crippen LogP contribution in [0, 0.1) is 0 Å². The minimum absolute atomic E-state index is 0.899. The van der Waals surface area contributed by atoms with Gasteiger partial charge in [-0.2, -0.15) is 0 Å². The Morgan fingerprint density at radius 2 is 2.20 bits per heavy atom. The predicted molar refractivity (Wildman–Crippen MR) is 63.1 cm³/mol. The third-order valence-electron chi connectivity index (χ3n) is 1.84. The summed E-state index contributed by atoms with van der Waals surface area (Å²) in [6.07, 6.45) is 13.2. The highest BCUT2D eigenvalue weighted by atomic mass is 15.4. The number of rotatable bonds is 4. The van der Waals surface area contributed by atoms with E-state index in [9.17, 15) is 0 Å². The first kappa shape index (κ1) is 11.2. The van der Waals surface area contributed by atoms with Crippen molar-refractivity contribution in [3.63, 3.8) is 0 Å². The van der Waals surface area contributed by atoms with E-state index in [4.69, 9.17) is 0 Å². The zero-order valence-corrected chi connectivity index (χ0v) is 9.09. The van der Waals surface area contributed by atoms with Crippen LogP contribution >= 0.6 is 0 Å². The van der Waals surface area contributed by atoms with Crippen LogP contribution in [-0.2, 0) is 0 Å². The van der Waals surface area contributed by atoms with Crippen LogP contribution in [0.4, 0.5) is 0 Å². The molecule has 3 heteroatoms. The summed E-state index contributed by atoms with van der Waals surface area (Å²) in [6, 6.07) is 0. The van der Waals surface area contributed by atoms with Gasteiger partial charge in [0, 0.05) is 0 Å². The third-order valence-corrected chi connectivity index (χ3v) is 1.84.